The fourth-order valence-electron chi connectivity index (χ4n) is 1.52. The molecule has 0 saturated carbocycles. The van der Waals surface area contributed by atoms with E-state index in [4.69, 9.17) is 20.4 Å². The van der Waals surface area contributed by atoms with Crippen molar-refractivity contribution in [2.45, 2.75) is 0 Å². The van der Waals surface area contributed by atoms with E-state index in [9.17, 15) is 0 Å². The topological polar surface area (TPSA) is 80.9 Å². The van der Waals surface area contributed by atoms with E-state index in [1.165, 1.54) is 0 Å². The van der Waals surface area contributed by atoms with Crippen LogP contribution in [0.4, 0.5) is 0 Å². The Morgan fingerprint density at radius 2 is 0.786 bits per heavy atom. The Morgan fingerprint density at radius 3 is 0.929 bits per heavy atom. The summed E-state index contributed by atoms with van der Waals surface area (Å²) < 4.78 is 0. The average Bonchev–Trinajstić information content (AvgIpc) is 2.06. The summed E-state index contributed by atoms with van der Waals surface area (Å²) in [5.74, 6) is 0. The van der Waals surface area contributed by atoms with E-state index in [0.29, 0.717) is 24.6 Å². The Morgan fingerprint density at radius 1 is 0.571 bits per heavy atom. The molecule has 0 saturated heterocycles. The largest absolute Gasteiger partial charge is 1.00 e. The van der Waals surface area contributed by atoms with Crippen LogP contribution in [-0.4, -0.2) is 71.5 Å². The predicted octanol–water partition coefficient (Wildman–Crippen LogP) is -4.02. The lowest BCUT2D eigenvalue weighted by atomic mass is 10.8. The van der Waals surface area contributed by atoms with E-state index in [1.807, 2.05) is 0 Å². The van der Waals surface area contributed by atoms with Crippen LogP contribution < -0.4 is 12.4 Å². The van der Waals surface area contributed by atoms with Crippen molar-refractivity contribution in [1.82, 2.24) is 0 Å². The molecule has 0 rings (SSSR count). The third-order valence-electron chi connectivity index (χ3n) is 2.30. The molecule has 0 aromatic carbocycles. The van der Waals surface area contributed by atoms with E-state index in [2.05, 4.69) is 0 Å². The first kappa shape index (κ1) is 17.0. The van der Waals surface area contributed by atoms with Gasteiger partial charge in [-0.15, -0.1) is 0 Å². The molecule has 6 heteroatoms. The lowest BCUT2D eigenvalue weighted by molar-refractivity contribution is -0.00000766. The molecule has 0 amide bonds. The third kappa shape index (κ3) is 6.12. The van der Waals surface area contributed by atoms with Crippen LogP contribution in [0.1, 0.15) is 0 Å². The van der Waals surface area contributed by atoms with Crippen LogP contribution in [0, 0.1) is 0 Å². The highest BCUT2D eigenvalue weighted by Crippen LogP contribution is 2.57. The van der Waals surface area contributed by atoms with Gasteiger partial charge in [-0.05, 0) is 0 Å². The van der Waals surface area contributed by atoms with Crippen molar-refractivity contribution in [2.24, 2.45) is 0 Å². The van der Waals surface area contributed by atoms with Gasteiger partial charge in [0, 0.05) is 7.26 Å². The Kier molecular flexibility index (Phi) is 12.2. The Labute approximate surface area is 91.7 Å². The minimum absolute atomic E-state index is 0. The number of hydrogen-bond acceptors (Lipinski definition) is 4. The highest BCUT2D eigenvalue weighted by atomic mass is 35.5. The molecular weight excluding hydrogens is 227 g/mol. The first-order valence-electron chi connectivity index (χ1n) is 4.53. The summed E-state index contributed by atoms with van der Waals surface area (Å²) in [7, 11) is -1.50. The predicted molar refractivity (Wildman–Crippen MR) is 54.7 cm³/mol. The van der Waals surface area contributed by atoms with Gasteiger partial charge in [0.15, 0.2) is 0 Å². The van der Waals surface area contributed by atoms with Crippen LogP contribution >= 0.6 is 7.26 Å². The normalized spacial score (nSPS) is 11.1. The van der Waals surface area contributed by atoms with Crippen LogP contribution in [-0.2, 0) is 0 Å². The fourth-order valence-corrected chi connectivity index (χ4v) is 4.56. The zero-order chi connectivity index (χ0) is 10.2. The Balaban J connectivity index is 0. The molecule has 0 unspecified atom stereocenters. The second kappa shape index (κ2) is 10.1. The van der Waals surface area contributed by atoms with Crippen LogP contribution in [0.25, 0.3) is 0 Å². The molecule has 4 N–H and O–H groups in total. The SMILES string of the molecule is OCC[P+](CCO)(CCO)CCO.[Cl-]. The molecule has 4 nitrogen and oxygen atoms in total. The summed E-state index contributed by atoms with van der Waals surface area (Å²) in [5.41, 5.74) is 0. The van der Waals surface area contributed by atoms with E-state index in [-0.39, 0.29) is 38.8 Å². The molecule has 14 heavy (non-hydrogen) atoms. The van der Waals surface area contributed by atoms with E-state index < -0.39 is 7.26 Å². The van der Waals surface area contributed by atoms with Gasteiger partial charge in [-0.2, -0.15) is 0 Å². The molecule has 0 bridgehead atoms. The number of hydrogen-bond donors (Lipinski definition) is 4. The van der Waals surface area contributed by atoms with E-state index >= 15 is 0 Å². The Hall–Kier alpha value is 0.560. The van der Waals surface area contributed by atoms with Crippen molar-refractivity contribution in [2.75, 3.05) is 51.1 Å². The molecule has 0 fully saturated rings. The van der Waals surface area contributed by atoms with Crippen molar-refractivity contribution >= 4 is 7.26 Å². The van der Waals surface area contributed by atoms with E-state index in [0.717, 1.165) is 0 Å². The average molecular weight is 247 g/mol. The van der Waals surface area contributed by atoms with Crippen LogP contribution in [0.3, 0.4) is 0 Å². The Bertz CT molecular complexity index is 96.4. The van der Waals surface area contributed by atoms with Crippen LogP contribution in [0.5, 0.6) is 0 Å². The highest BCUT2D eigenvalue weighted by Gasteiger charge is 2.34. The van der Waals surface area contributed by atoms with Gasteiger partial charge in [0.1, 0.15) is 0 Å². The van der Waals surface area contributed by atoms with E-state index in [1.54, 1.807) is 0 Å². The molecule has 0 atom stereocenters. The lowest BCUT2D eigenvalue weighted by Gasteiger charge is -2.24. The number of halogens is 1. The van der Waals surface area contributed by atoms with Gasteiger partial charge in [0.2, 0.25) is 0 Å². The van der Waals surface area contributed by atoms with Crippen molar-refractivity contribution in [1.29, 1.82) is 0 Å². The lowest BCUT2D eigenvalue weighted by Crippen LogP contribution is -3.00. The first-order chi connectivity index (χ1) is 6.24. The third-order valence-corrected chi connectivity index (χ3v) is 6.89. The fraction of sp³-hybridized carbons (Fsp3) is 1.00. The van der Waals surface area contributed by atoms with Gasteiger partial charge in [0.25, 0.3) is 0 Å². The minimum atomic E-state index is -1.50. The molecule has 0 aliphatic heterocycles. The monoisotopic (exact) mass is 246 g/mol. The molecule has 0 spiro atoms. The minimum Gasteiger partial charge on any atom is -1.00 e. The maximum absolute atomic E-state index is 8.86. The smallest absolute Gasteiger partial charge is 0.0827 e. The van der Waals surface area contributed by atoms with Gasteiger partial charge in [-0.25, -0.2) is 0 Å². The van der Waals surface area contributed by atoms with Crippen molar-refractivity contribution < 1.29 is 32.8 Å². The summed E-state index contributed by atoms with van der Waals surface area (Å²) in [6.07, 6.45) is 2.53. The zero-order valence-corrected chi connectivity index (χ0v) is 9.92. The number of rotatable bonds is 8. The van der Waals surface area contributed by atoms with Crippen molar-refractivity contribution in [3.63, 3.8) is 0 Å². The molecule has 0 heterocycles. The molecule has 0 radical (unpaired) electrons. The van der Waals surface area contributed by atoms with Gasteiger partial charge in [-0.3, -0.25) is 0 Å². The number of aliphatic hydroxyl groups is 4. The van der Waals surface area contributed by atoms with Crippen molar-refractivity contribution in [3.05, 3.63) is 0 Å². The summed E-state index contributed by atoms with van der Waals surface area (Å²) >= 11 is 0. The van der Waals surface area contributed by atoms with Crippen LogP contribution in [0.2, 0.25) is 0 Å². The van der Waals surface area contributed by atoms with Crippen molar-refractivity contribution in [3.8, 4) is 0 Å². The maximum atomic E-state index is 8.86. The zero-order valence-electron chi connectivity index (χ0n) is 8.27. The maximum Gasteiger partial charge on any atom is 0.0827 e. The molecule has 0 aromatic rings. The summed E-state index contributed by atoms with van der Waals surface area (Å²) in [6.45, 7) is 0.309. The van der Waals surface area contributed by atoms with Gasteiger partial charge < -0.3 is 32.8 Å². The van der Waals surface area contributed by atoms with Gasteiger partial charge >= 0.3 is 0 Å². The van der Waals surface area contributed by atoms with Gasteiger partial charge in [-0.1, -0.05) is 0 Å². The second-order valence-electron chi connectivity index (χ2n) is 3.13. The number of aliphatic hydroxyl groups excluding tert-OH is 4. The summed E-state index contributed by atoms with van der Waals surface area (Å²) in [4.78, 5) is 0. The first-order valence-corrected chi connectivity index (χ1v) is 7.06. The highest BCUT2D eigenvalue weighted by molar-refractivity contribution is 7.76. The second-order valence-corrected chi connectivity index (χ2v) is 7.60. The standard InChI is InChI=1S/C8H20O4P.ClH/c9-1-5-13(6-2-10,7-3-11)8-4-12;/h9-12H,1-8H2;1H/q+1;/p-1. The molecular formula is C8H20ClO4P. The van der Waals surface area contributed by atoms with Gasteiger partial charge in [0.05, 0.1) is 51.1 Å². The molecule has 88 valence electrons. The van der Waals surface area contributed by atoms with Crippen LogP contribution in [0.15, 0.2) is 0 Å². The summed E-state index contributed by atoms with van der Waals surface area (Å²) in [6, 6.07) is 0. The summed E-state index contributed by atoms with van der Waals surface area (Å²) in [5, 5.41) is 35.5. The molecule has 0 aliphatic carbocycles. The quantitative estimate of drug-likeness (QED) is 0.329. The molecule has 0 aliphatic rings. The molecule has 0 aromatic heterocycles.